The molecule has 4 rings (SSSR count). The van der Waals surface area contributed by atoms with E-state index in [9.17, 15) is 13.2 Å². The van der Waals surface area contributed by atoms with Gasteiger partial charge >= 0.3 is 6.18 Å². The van der Waals surface area contributed by atoms with Crippen LogP contribution in [0.1, 0.15) is 22.5 Å². The van der Waals surface area contributed by atoms with Crippen LogP contribution in [-0.4, -0.2) is 28.0 Å². The summed E-state index contributed by atoms with van der Waals surface area (Å²) in [5.41, 5.74) is 3.66. The SMILES string of the molecule is CN1CCc2c(c3cc(Cl)ccc3n2CCc2ccc(C(F)(F)F)nc2)C1. The fraction of sp³-hybridized carbons (Fsp3) is 0.350. The summed E-state index contributed by atoms with van der Waals surface area (Å²) in [7, 11) is 2.10. The molecular formula is C20H19ClF3N3. The Morgan fingerprint density at radius 2 is 2.00 bits per heavy atom. The average Bonchev–Trinajstić information content (AvgIpc) is 2.92. The highest BCUT2D eigenvalue weighted by molar-refractivity contribution is 6.31. The molecular weight excluding hydrogens is 375 g/mol. The number of benzene rings is 1. The minimum atomic E-state index is -4.40. The Morgan fingerprint density at radius 1 is 1.19 bits per heavy atom. The molecule has 142 valence electrons. The van der Waals surface area contributed by atoms with Crippen LogP contribution in [0.15, 0.2) is 36.5 Å². The summed E-state index contributed by atoms with van der Waals surface area (Å²) in [5.74, 6) is 0. The lowest BCUT2D eigenvalue weighted by atomic mass is 10.1. The van der Waals surface area contributed by atoms with Gasteiger partial charge in [0, 0.05) is 53.9 Å². The first kappa shape index (κ1) is 18.3. The predicted molar refractivity (Wildman–Crippen MR) is 99.9 cm³/mol. The van der Waals surface area contributed by atoms with Crippen molar-refractivity contribution in [2.45, 2.75) is 32.1 Å². The molecule has 0 N–H and O–H groups in total. The zero-order chi connectivity index (χ0) is 19.2. The molecule has 0 radical (unpaired) electrons. The summed E-state index contributed by atoms with van der Waals surface area (Å²) >= 11 is 6.21. The van der Waals surface area contributed by atoms with Gasteiger partial charge in [0.05, 0.1) is 0 Å². The molecule has 27 heavy (non-hydrogen) atoms. The van der Waals surface area contributed by atoms with Crippen molar-refractivity contribution >= 4 is 22.5 Å². The molecule has 0 bridgehead atoms. The van der Waals surface area contributed by atoms with E-state index in [0.29, 0.717) is 18.0 Å². The number of aryl methyl sites for hydroxylation is 2. The van der Waals surface area contributed by atoms with E-state index in [1.165, 1.54) is 23.5 Å². The summed E-state index contributed by atoms with van der Waals surface area (Å²) in [6.07, 6.45) is -1.51. The fourth-order valence-corrected chi connectivity index (χ4v) is 3.97. The maximum absolute atomic E-state index is 12.7. The number of likely N-dealkylation sites (N-methyl/N-ethyl adjacent to an activating group) is 1. The first-order valence-corrected chi connectivity index (χ1v) is 9.21. The standard InChI is InChI=1S/C20H19ClF3N3/c1-26-8-7-18-16(12-26)15-10-14(21)3-4-17(15)27(18)9-6-13-2-5-19(25-11-13)20(22,23)24/h2-5,10-11H,6-9,12H2,1H3. The van der Waals surface area contributed by atoms with Gasteiger partial charge in [-0.05, 0) is 48.9 Å². The van der Waals surface area contributed by atoms with Crippen LogP contribution < -0.4 is 0 Å². The molecule has 1 aliphatic heterocycles. The topological polar surface area (TPSA) is 21.1 Å². The molecule has 0 saturated carbocycles. The monoisotopic (exact) mass is 393 g/mol. The van der Waals surface area contributed by atoms with Gasteiger partial charge in [-0.1, -0.05) is 17.7 Å². The molecule has 2 aromatic heterocycles. The van der Waals surface area contributed by atoms with Crippen molar-refractivity contribution in [3.63, 3.8) is 0 Å². The van der Waals surface area contributed by atoms with Gasteiger partial charge in [-0.3, -0.25) is 4.98 Å². The normalized spacial score (nSPS) is 15.3. The third-order valence-corrected chi connectivity index (χ3v) is 5.38. The Kier molecular flexibility index (Phi) is 4.64. The minimum absolute atomic E-state index is 0.625. The number of rotatable bonds is 3. The summed E-state index contributed by atoms with van der Waals surface area (Å²) in [6.45, 7) is 2.56. The highest BCUT2D eigenvalue weighted by Crippen LogP contribution is 2.33. The van der Waals surface area contributed by atoms with Gasteiger partial charge < -0.3 is 9.47 Å². The Morgan fingerprint density at radius 3 is 2.70 bits per heavy atom. The van der Waals surface area contributed by atoms with Crippen LogP contribution in [0.4, 0.5) is 13.2 Å². The van der Waals surface area contributed by atoms with Crippen LogP contribution in [-0.2, 0) is 32.1 Å². The first-order chi connectivity index (χ1) is 12.8. The lowest BCUT2D eigenvalue weighted by molar-refractivity contribution is -0.141. The van der Waals surface area contributed by atoms with Gasteiger partial charge in [0.15, 0.2) is 0 Å². The lowest BCUT2D eigenvalue weighted by Crippen LogP contribution is -2.27. The lowest BCUT2D eigenvalue weighted by Gasteiger charge is -2.24. The van der Waals surface area contributed by atoms with Crippen LogP contribution in [0.5, 0.6) is 0 Å². The van der Waals surface area contributed by atoms with Crippen LogP contribution in [0, 0.1) is 0 Å². The molecule has 3 heterocycles. The maximum atomic E-state index is 12.7. The van der Waals surface area contributed by atoms with Crippen molar-refractivity contribution in [3.05, 3.63) is 64.1 Å². The molecule has 0 spiro atoms. The number of halogens is 4. The van der Waals surface area contributed by atoms with E-state index in [-0.39, 0.29) is 0 Å². The van der Waals surface area contributed by atoms with Crippen molar-refractivity contribution in [1.82, 2.24) is 14.5 Å². The van der Waals surface area contributed by atoms with E-state index in [0.717, 1.165) is 42.0 Å². The highest BCUT2D eigenvalue weighted by atomic mass is 35.5. The smallest absolute Gasteiger partial charge is 0.344 e. The third-order valence-electron chi connectivity index (χ3n) is 5.15. The second-order valence-corrected chi connectivity index (χ2v) is 7.46. The zero-order valence-corrected chi connectivity index (χ0v) is 15.6. The molecule has 7 heteroatoms. The van der Waals surface area contributed by atoms with E-state index in [1.54, 1.807) is 0 Å². The summed E-state index contributed by atoms with van der Waals surface area (Å²) in [5, 5.41) is 1.87. The second-order valence-electron chi connectivity index (χ2n) is 7.03. The molecule has 3 aromatic rings. The number of aromatic nitrogens is 2. The van der Waals surface area contributed by atoms with Crippen molar-refractivity contribution in [2.24, 2.45) is 0 Å². The number of pyridine rings is 1. The van der Waals surface area contributed by atoms with E-state index in [4.69, 9.17) is 11.6 Å². The van der Waals surface area contributed by atoms with Gasteiger partial charge in [0.25, 0.3) is 0 Å². The quantitative estimate of drug-likeness (QED) is 0.628. The Balaban J connectivity index is 1.64. The Hall–Kier alpha value is -2.05. The van der Waals surface area contributed by atoms with Crippen LogP contribution in [0.25, 0.3) is 10.9 Å². The number of nitrogens with zero attached hydrogens (tertiary/aromatic N) is 3. The number of hydrogen-bond acceptors (Lipinski definition) is 2. The van der Waals surface area contributed by atoms with Crippen molar-refractivity contribution in [3.8, 4) is 0 Å². The fourth-order valence-electron chi connectivity index (χ4n) is 3.79. The van der Waals surface area contributed by atoms with Gasteiger partial charge in [-0.2, -0.15) is 13.2 Å². The molecule has 0 atom stereocenters. The number of fused-ring (bicyclic) bond motifs is 3. The molecule has 0 unspecified atom stereocenters. The largest absolute Gasteiger partial charge is 0.433 e. The molecule has 1 aliphatic rings. The molecule has 1 aromatic carbocycles. The number of alkyl halides is 3. The third kappa shape index (κ3) is 3.56. The molecule has 0 saturated heterocycles. The van der Waals surface area contributed by atoms with Crippen molar-refractivity contribution < 1.29 is 13.2 Å². The molecule has 0 fully saturated rings. The van der Waals surface area contributed by atoms with E-state index >= 15 is 0 Å². The average molecular weight is 394 g/mol. The van der Waals surface area contributed by atoms with Gasteiger partial charge in [-0.25, -0.2) is 0 Å². The second kappa shape index (κ2) is 6.84. The summed E-state index contributed by atoms with van der Waals surface area (Å²) < 4.78 is 40.3. The van der Waals surface area contributed by atoms with E-state index in [1.807, 2.05) is 18.2 Å². The molecule has 0 aliphatic carbocycles. The van der Waals surface area contributed by atoms with E-state index < -0.39 is 11.9 Å². The first-order valence-electron chi connectivity index (χ1n) is 8.83. The van der Waals surface area contributed by atoms with Crippen molar-refractivity contribution in [2.75, 3.05) is 13.6 Å². The minimum Gasteiger partial charge on any atom is -0.344 e. The van der Waals surface area contributed by atoms with Gasteiger partial charge in [-0.15, -0.1) is 0 Å². The Labute approximate surface area is 160 Å². The van der Waals surface area contributed by atoms with Crippen LogP contribution in [0.3, 0.4) is 0 Å². The van der Waals surface area contributed by atoms with Crippen molar-refractivity contribution in [1.29, 1.82) is 0 Å². The highest BCUT2D eigenvalue weighted by Gasteiger charge is 2.32. The van der Waals surface area contributed by atoms with Crippen LogP contribution in [0.2, 0.25) is 5.02 Å². The van der Waals surface area contributed by atoms with Crippen LogP contribution >= 0.6 is 11.6 Å². The summed E-state index contributed by atoms with van der Waals surface area (Å²) in [6, 6.07) is 8.48. The maximum Gasteiger partial charge on any atom is 0.433 e. The molecule has 0 amide bonds. The zero-order valence-electron chi connectivity index (χ0n) is 14.9. The molecule has 3 nitrogen and oxygen atoms in total. The van der Waals surface area contributed by atoms with Gasteiger partial charge in [0.2, 0.25) is 0 Å². The predicted octanol–water partition coefficient (Wildman–Crippen LogP) is 4.94. The summed E-state index contributed by atoms with van der Waals surface area (Å²) in [4.78, 5) is 5.85. The Bertz CT molecular complexity index is 977. The van der Waals surface area contributed by atoms with Gasteiger partial charge in [0.1, 0.15) is 5.69 Å². The number of hydrogen-bond donors (Lipinski definition) is 0. The van der Waals surface area contributed by atoms with E-state index in [2.05, 4.69) is 21.5 Å².